The van der Waals surface area contributed by atoms with E-state index in [1.807, 2.05) is 42.6 Å². The van der Waals surface area contributed by atoms with Gasteiger partial charge in [-0.25, -0.2) is 0 Å². The lowest BCUT2D eigenvalue weighted by atomic mass is 9.80. The number of pyridine rings is 1. The molecule has 0 bridgehead atoms. The van der Waals surface area contributed by atoms with Gasteiger partial charge in [0.25, 0.3) is 8.32 Å². The van der Waals surface area contributed by atoms with E-state index in [1.54, 1.807) is 7.11 Å². The SMILES string of the molecule is COCOC1c2c(OC)c(=O)c(Br)cn2C2CCOC2C1CCCC(C)(C)[Si](O)(c1ccccc1)c1ccccc1. The lowest BCUT2D eigenvalue weighted by molar-refractivity contribution is -0.133. The van der Waals surface area contributed by atoms with Crippen LogP contribution in [0.4, 0.5) is 0 Å². The maximum atomic E-state index is 13.1. The van der Waals surface area contributed by atoms with E-state index in [0.717, 1.165) is 41.8 Å². The molecule has 9 heteroatoms. The van der Waals surface area contributed by atoms with Crippen LogP contribution in [0, 0.1) is 5.92 Å². The van der Waals surface area contributed by atoms with E-state index < -0.39 is 14.4 Å². The number of nitrogens with zero attached hydrogens (tertiary/aromatic N) is 1. The normalized spacial score (nSPS) is 22.3. The number of benzene rings is 2. The molecule has 220 valence electrons. The molecule has 41 heavy (non-hydrogen) atoms. The Morgan fingerprint density at radius 1 is 1.07 bits per heavy atom. The van der Waals surface area contributed by atoms with Crippen LogP contribution >= 0.6 is 15.9 Å². The Kier molecular flexibility index (Phi) is 9.23. The average Bonchev–Trinajstić information content (AvgIpc) is 3.48. The molecule has 3 aromatic rings. The summed E-state index contributed by atoms with van der Waals surface area (Å²) >= 11 is 3.43. The molecule has 4 unspecified atom stereocenters. The Hall–Kier alpha value is -2.27. The summed E-state index contributed by atoms with van der Waals surface area (Å²) in [6.07, 6.45) is 4.67. The molecule has 3 heterocycles. The predicted molar refractivity (Wildman–Crippen MR) is 166 cm³/mol. The molecule has 4 atom stereocenters. The lowest BCUT2D eigenvalue weighted by Gasteiger charge is -2.44. The maximum absolute atomic E-state index is 13.1. The van der Waals surface area contributed by atoms with Crippen LogP contribution < -0.4 is 20.5 Å². The van der Waals surface area contributed by atoms with Gasteiger partial charge in [-0.05, 0) is 50.6 Å². The Morgan fingerprint density at radius 3 is 2.29 bits per heavy atom. The van der Waals surface area contributed by atoms with E-state index in [4.69, 9.17) is 18.9 Å². The smallest absolute Gasteiger partial charge is 0.258 e. The third-order valence-electron chi connectivity index (χ3n) is 9.00. The first kappa shape index (κ1) is 30.2. The zero-order valence-corrected chi connectivity index (χ0v) is 26.8. The highest BCUT2D eigenvalue weighted by Crippen LogP contribution is 2.50. The zero-order chi connectivity index (χ0) is 29.2. The molecule has 2 aliphatic rings. The van der Waals surface area contributed by atoms with E-state index in [-0.39, 0.29) is 35.3 Å². The minimum absolute atomic E-state index is 0.00821. The fraction of sp³-hybridized carbons (Fsp3) is 0.469. The molecular formula is C32H40BrNO6Si. The fourth-order valence-electron chi connectivity index (χ4n) is 6.95. The van der Waals surface area contributed by atoms with Crippen molar-refractivity contribution in [3.05, 3.63) is 87.3 Å². The Labute approximate surface area is 251 Å². The highest BCUT2D eigenvalue weighted by Gasteiger charge is 2.51. The monoisotopic (exact) mass is 641 g/mol. The molecule has 1 aromatic heterocycles. The van der Waals surface area contributed by atoms with Gasteiger partial charge >= 0.3 is 0 Å². The molecule has 5 rings (SSSR count). The minimum Gasteiger partial charge on any atom is -0.491 e. The zero-order valence-electron chi connectivity index (χ0n) is 24.2. The molecule has 0 radical (unpaired) electrons. The second-order valence-electron chi connectivity index (χ2n) is 11.7. The third-order valence-corrected chi connectivity index (χ3v) is 14.1. The number of methoxy groups -OCH3 is 2. The van der Waals surface area contributed by atoms with Gasteiger partial charge in [-0.15, -0.1) is 0 Å². The number of hydrogen-bond donors (Lipinski definition) is 1. The van der Waals surface area contributed by atoms with Crippen LogP contribution in [0.5, 0.6) is 5.75 Å². The summed E-state index contributed by atoms with van der Waals surface area (Å²) in [6.45, 7) is 5.13. The van der Waals surface area contributed by atoms with Gasteiger partial charge in [0.1, 0.15) is 12.9 Å². The molecule has 1 saturated heterocycles. The van der Waals surface area contributed by atoms with Gasteiger partial charge < -0.3 is 28.3 Å². The van der Waals surface area contributed by atoms with Crippen molar-refractivity contribution in [3.63, 3.8) is 0 Å². The minimum atomic E-state index is -3.12. The summed E-state index contributed by atoms with van der Waals surface area (Å²) in [6, 6.07) is 20.4. The summed E-state index contributed by atoms with van der Waals surface area (Å²) in [5, 5.41) is 1.66. The van der Waals surface area contributed by atoms with Crippen LogP contribution in [0.3, 0.4) is 0 Å². The molecule has 1 fully saturated rings. The number of aromatic nitrogens is 1. The van der Waals surface area contributed by atoms with Crippen molar-refractivity contribution in [1.82, 2.24) is 4.57 Å². The molecule has 2 aliphatic heterocycles. The first-order chi connectivity index (χ1) is 19.7. The highest BCUT2D eigenvalue weighted by atomic mass is 79.9. The van der Waals surface area contributed by atoms with Gasteiger partial charge in [-0.2, -0.15) is 0 Å². The summed E-state index contributed by atoms with van der Waals surface area (Å²) in [4.78, 5) is 25.7. The number of fused-ring (bicyclic) bond motifs is 3. The van der Waals surface area contributed by atoms with Crippen LogP contribution in [0.1, 0.15) is 57.4 Å². The molecule has 0 aliphatic carbocycles. The molecule has 0 amide bonds. The Balaban J connectivity index is 1.47. The molecule has 2 aromatic carbocycles. The van der Waals surface area contributed by atoms with Crippen LogP contribution in [0.25, 0.3) is 0 Å². The Bertz CT molecular complexity index is 1340. The number of halogens is 1. The van der Waals surface area contributed by atoms with Gasteiger partial charge in [0, 0.05) is 25.8 Å². The van der Waals surface area contributed by atoms with Crippen molar-refractivity contribution in [2.45, 2.75) is 62.8 Å². The van der Waals surface area contributed by atoms with E-state index in [2.05, 4.69) is 58.6 Å². The lowest BCUT2D eigenvalue weighted by Crippen LogP contribution is -2.65. The van der Waals surface area contributed by atoms with E-state index in [9.17, 15) is 9.59 Å². The van der Waals surface area contributed by atoms with Gasteiger partial charge in [0.15, 0.2) is 5.75 Å². The van der Waals surface area contributed by atoms with Gasteiger partial charge in [0.2, 0.25) is 5.43 Å². The summed E-state index contributed by atoms with van der Waals surface area (Å²) in [5.74, 6) is 0.289. The second-order valence-corrected chi connectivity index (χ2v) is 16.5. The third kappa shape index (κ3) is 5.48. The van der Waals surface area contributed by atoms with Crippen molar-refractivity contribution in [3.8, 4) is 5.75 Å². The van der Waals surface area contributed by atoms with Gasteiger partial charge in [-0.3, -0.25) is 4.79 Å². The molecule has 0 saturated carbocycles. The topological polar surface area (TPSA) is 79.2 Å². The van der Waals surface area contributed by atoms with E-state index in [1.165, 1.54) is 7.11 Å². The first-order valence-electron chi connectivity index (χ1n) is 14.3. The van der Waals surface area contributed by atoms with Crippen LogP contribution in [0.15, 0.2) is 76.1 Å². The molecule has 0 spiro atoms. The highest BCUT2D eigenvalue weighted by molar-refractivity contribution is 9.10. The second kappa shape index (κ2) is 12.5. The number of rotatable bonds is 11. The van der Waals surface area contributed by atoms with Crippen molar-refractivity contribution >= 4 is 34.6 Å². The summed E-state index contributed by atoms with van der Waals surface area (Å²) in [5.41, 5.74) is 0.553. The van der Waals surface area contributed by atoms with Crippen LogP contribution in [0.2, 0.25) is 5.04 Å². The quantitative estimate of drug-likeness (QED) is 0.236. The Morgan fingerprint density at radius 2 is 1.71 bits per heavy atom. The maximum Gasteiger partial charge on any atom is 0.258 e. The fourth-order valence-corrected chi connectivity index (χ4v) is 11.1. The summed E-state index contributed by atoms with van der Waals surface area (Å²) in [7, 11) is 0.00975. The van der Waals surface area contributed by atoms with Crippen LogP contribution in [-0.2, 0) is 14.2 Å². The first-order valence-corrected chi connectivity index (χ1v) is 17.0. The van der Waals surface area contributed by atoms with E-state index >= 15 is 0 Å². The van der Waals surface area contributed by atoms with Crippen molar-refractivity contribution < 1.29 is 23.7 Å². The molecule has 1 N–H and O–H groups in total. The van der Waals surface area contributed by atoms with Crippen molar-refractivity contribution in [1.29, 1.82) is 0 Å². The predicted octanol–water partition coefficient (Wildman–Crippen LogP) is 4.94. The largest absolute Gasteiger partial charge is 0.491 e. The molecular weight excluding hydrogens is 602 g/mol. The number of ether oxygens (including phenoxy) is 4. The van der Waals surface area contributed by atoms with Gasteiger partial charge in [0.05, 0.1) is 29.4 Å². The van der Waals surface area contributed by atoms with Crippen LogP contribution in [-0.4, -0.2) is 51.4 Å². The number of hydrogen-bond acceptors (Lipinski definition) is 6. The average molecular weight is 643 g/mol. The summed E-state index contributed by atoms with van der Waals surface area (Å²) < 4.78 is 26.2. The molecule has 7 nitrogen and oxygen atoms in total. The standard InChI is InChI=1S/C32H40BrNO6Si/c1-32(2,41(36,22-12-7-5-8-13-22)23-14-9-6-10-15-23)18-11-16-24-29-26(17-19-39-29)34-20-25(33)28(35)31(38-4)27(34)30(24)40-21-37-3/h5-10,12-15,20,24,26,29-30,36H,11,16-19,21H2,1-4H3. The van der Waals surface area contributed by atoms with Gasteiger partial charge in [-0.1, -0.05) is 80.9 Å². The van der Waals surface area contributed by atoms with Crippen molar-refractivity contribution in [2.24, 2.45) is 5.92 Å². The van der Waals surface area contributed by atoms with Crippen molar-refractivity contribution in [2.75, 3.05) is 27.6 Å². The van der Waals surface area contributed by atoms with E-state index in [0.29, 0.717) is 16.8 Å².